The van der Waals surface area contributed by atoms with E-state index < -0.39 is 10.0 Å². The van der Waals surface area contributed by atoms with Gasteiger partial charge in [-0.15, -0.1) is 0 Å². The van der Waals surface area contributed by atoms with Gasteiger partial charge in [0, 0.05) is 6.04 Å². The van der Waals surface area contributed by atoms with E-state index >= 15 is 0 Å². The Kier molecular flexibility index (Phi) is 4.89. The monoisotopic (exact) mass is 287 g/mol. The SMILES string of the molecule is CC(NS(=O)(=O)CCC1CCCCN1)c1ncn[nH]1. The first kappa shape index (κ1) is 14.4. The van der Waals surface area contributed by atoms with Crippen molar-refractivity contribution in [3.63, 3.8) is 0 Å². The Bertz CT molecular complexity index is 467. The molecule has 1 aromatic rings. The van der Waals surface area contributed by atoms with Crippen molar-refractivity contribution < 1.29 is 8.42 Å². The number of piperidine rings is 1. The summed E-state index contributed by atoms with van der Waals surface area (Å²) in [6.07, 6.45) is 5.45. The number of aromatic amines is 1. The molecular weight excluding hydrogens is 266 g/mol. The van der Waals surface area contributed by atoms with Gasteiger partial charge < -0.3 is 5.32 Å². The van der Waals surface area contributed by atoms with Crippen molar-refractivity contribution in [3.05, 3.63) is 12.2 Å². The van der Waals surface area contributed by atoms with Gasteiger partial charge in [0.25, 0.3) is 0 Å². The maximum atomic E-state index is 12.0. The van der Waals surface area contributed by atoms with E-state index in [1.807, 2.05) is 0 Å². The Morgan fingerprint density at radius 1 is 1.53 bits per heavy atom. The highest BCUT2D eigenvalue weighted by Gasteiger charge is 2.20. The minimum Gasteiger partial charge on any atom is -0.314 e. The molecule has 8 heteroatoms. The van der Waals surface area contributed by atoms with Gasteiger partial charge in [0.15, 0.2) is 0 Å². The molecule has 2 rings (SSSR count). The second-order valence-corrected chi connectivity index (χ2v) is 6.84. The number of sulfonamides is 1. The van der Waals surface area contributed by atoms with Crippen molar-refractivity contribution in [2.24, 2.45) is 0 Å². The molecule has 2 atom stereocenters. The van der Waals surface area contributed by atoms with Crippen LogP contribution in [-0.2, 0) is 10.0 Å². The average molecular weight is 287 g/mol. The lowest BCUT2D eigenvalue weighted by atomic mass is 10.0. The van der Waals surface area contributed by atoms with Gasteiger partial charge in [0.2, 0.25) is 10.0 Å². The van der Waals surface area contributed by atoms with Gasteiger partial charge in [0.05, 0.1) is 11.8 Å². The summed E-state index contributed by atoms with van der Waals surface area (Å²) in [7, 11) is -3.28. The molecular formula is C11H21N5O2S. The molecule has 2 heterocycles. The van der Waals surface area contributed by atoms with Crippen LogP contribution in [0.4, 0.5) is 0 Å². The molecule has 19 heavy (non-hydrogen) atoms. The number of hydrogen-bond acceptors (Lipinski definition) is 5. The van der Waals surface area contributed by atoms with Crippen LogP contribution in [0.15, 0.2) is 6.33 Å². The summed E-state index contributed by atoms with van der Waals surface area (Å²) in [6.45, 7) is 2.74. The number of aromatic nitrogens is 3. The molecule has 0 spiro atoms. The van der Waals surface area contributed by atoms with E-state index in [0.717, 1.165) is 13.0 Å². The average Bonchev–Trinajstić information content (AvgIpc) is 2.91. The first-order valence-corrected chi connectivity index (χ1v) is 8.31. The van der Waals surface area contributed by atoms with Crippen molar-refractivity contribution in [1.29, 1.82) is 0 Å². The third-order valence-electron chi connectivity index (χ3n) is 3.35. The Morgan fingerprint density at radius 2 is 2.37 bits per heavy atom. The van der Waals surface area contributed by atoms with Gasteiger partial charge in [-0.2, -0.15) is 5.10 Å². The Balaban J connectivity index is 1.81. The van der Waals surface area contributed by atoms with Crippen LogP contribution in [0.2, 0.25) is 0 Å². The second-order valence-electron chi connectivity index (χ2n) is 4.96. The van der Waals surface area contributed by atoms with Gasteiger partial charge in [0.1, 0.15) is 12.2 Å². The van der Waals surface area contributed by atoms with Crippen molar-refractivity contribution in [3.8, 4) is 0 Å². The summed E-state index contributed by atoms with van der Waals surface area (Å²) in [5, 5.41) is 9.73. The number of H-pyrrole nitrogens is 1. The fraction of sp³-hybridized carbons (Fsp3) is 0.818. The lowest BCUT2D eigenvalue weighted by molar-refractivity contribution is 0.392. The summed E-state index contributed by atoms with van der Waals surface area (Å²) in [5.41, 5.74) is 0. The van der Waals surface area contributed by atoms with Crippen LogP contribution < -0.4 is 10.0 Å². The van der Waals surface area contributed by atoms with Crippen LogP contribution in [0, 0.1) is 0 Å². The fourth-order valence-electron chi connectivity index (χ4n) is 2.28. The van der Waals surface area contributed by atoms with E-state index in [-0.39, 0.29) is 11.8 Å². The molecule has 1 fully saturated rings. The summed E-state index contributed by atoms with van der Waals surface area (Å²) < 4.78 is 26.6. The predicted octanol–water partition coefficient (Wildman–Crippen LogP) is 0.317. The van der Waals surface area contributed by atoms with Crippen molar-refractivity contribution >= 4 is 10.0 Å². The Hall–Kier alpha value is -0.990. The van der Waals surface area contributed by atoms with E-state index in [0.29, 0.717) is 18.3 Å². The van der Waals surface area contributed by atoms with E-state index in [1.54, 1.807) is 6.92 Å². The van der Waals surface area contributed by atoms with E-state index in [4.69, 9.17) is 0 Å². The van der Waals surface area contributed by atoms with Crippen molar-refractivity contribution in [2.75, 3.05) is 12.3 Å². The molecule has 1 saturated heterocycles. The number of hydrogen-bond donors (Lipinski definition) is 3. The normalized spacial score (nSPS) is 22.3. The Morgan fingerprint density at radius 3 is 3.00 bits per heavy atom. The number of nitrogens with one attached hydrogen (secondary N) is 3. The lowest BCUT2D eigenvalue weighted by Crippen LogP contribution is -2.37. The largest absolute Gasteiger partial charge is 0.314 e. The molecule has 0 aliphatic carbocycles. The fourth-order valence-corrected chi connectivity index (χ4v) is 3.64. The van der Waals surface area contributed by atoms with Gasteiger partial charge in [-0.3, -0.25) is 5.10 Å². The van der Waals surface area contributed by atoms with Crippen LogP contribution in [0.5, 0.6) is 0 Å². The van der Waals surface area contributed by atoms with Gasteiger partial charge in [-0.1, -0.05) is 6.42 Å². The number of nitrogens with zero attached hydrogens (tertiary/aromatic N) is 2. The van der Waals surface area contributed by atoms with Crippen LogP contribution in [0.25, 0.3) is 0 Å². The van der Waals surface area contributed by atoms with Crippen LogP contribution in [0.3, 0.4) is 0 Å². The van der Waals surface area contributed by atoms with Crippen molar-refractivity contribution in [2.45, 2.75) is 44.7 Å². The molecule has 0 amide bonds. The third-order valence-corrected chi connectivity index (χ3v) is 4.83. The zero-order valence-electron chi connectivity index (χ0n) is 11.1. The molecule has 3 N–H and O–H groups in total. The lowest BCUT2D eigenvalue weighted by Gasteiger charge is -2.23. The topological polar surface area (TPSA) is 99.8 Å². The third kappa shape index (κ3) is 4.55. The maximum absolute atomic E-state index is 12.0. The highest BCUT2D eigenvalue weighted by molar-refractivity contribution is 7.89. The quantitative estimate of drug-likeness (QED) is 0.699. The predicted molar refractivity (Wildman–Crippen MR) is 72.0 cm³/mol. The highest BCUT2D eigenvalue weighted by atomic mass is 32.2. The highest BCUT2D eigenvalue weighted by Crippen LogP contribution is 2.12. The maximum Gasteiger partial charge on any atom is 0.212 e. The molecule has 2 unspecified atom stereocenters. The van der Waals surface area contributed by atoms with Crippen LogP contribution >= 0.6 is 0 Å². The molecule has 1 aliphatic rings. The smallest absolute Gasteiger partial charge is 0.212 e. The summed E-state index contributed by atoms with van der Waals surface area (Å²) in [6, 6.07) is -0.0577. The number of rotatable bonds is 6. The van der Waals surface area contributed by atoms with E-state index in [1.165, 1.54) is 19.2 Å². The summed E-state index contributed by atoms with van der Waals surface area (Å²) in [5.74, 6) is 0.669. The molecule has 7 nitrogen and oxygen atoms in total. The van der Waals surface area contributed by atoms with E-state index in [9.17, 15) is 8.42 Å². The minimum absolute atomic E-state index is 0.142. The van der Waals surface area contributed by atoms with Crippen molar-refractivity contribution in [1.82, 2.24) is 25.2 Å². The standard InChI is InChI=1S/C11H21N5O2S/c1-9(11-13-8-14-15-11)16-19(17,18)7-5-10-4-2-3-6-12-10/h8-10,12,16H,2-7H2,1H3,(H,13,14,15). The molecule has 108 valence electrons. The molecule has 1 aromatic heterocycles. The molecule has 0 radical (unpaired) electrons. The first-order chi connectivity index (χ1) is 9.07. The van der Waals surface area contributed by atoms with Gasteiger partial charge >= 0.3 is 0 Å². The molecule has 0 aromatic carbocycles. The minimum atomic E-state index is -3.28. The van der Waals surface area contributed by atoms with Crippen LogP contribution in [-0.4, -0.2) is 41.9 Å². The van der Waals surface area contributed by atoms with Gasteiger partial charge in [-0.25, -0.2) is 18.1 Å². The summed E-state index contributed by atoms with van der Waals surface area (Å²) in [4.78, 5) is 3.94. The molecule has 0 bridgehead atoms. The zero-order chi connectivity index (χ0) is 13.7. The van der Waals surface area contributed by atoms with Gasteiger partial charge in [-0.05, 0) is 32.7 Å². The molecule has 1 aliphatic heterocycles. The Labute approximate surface area is 113 Å². The second kappa shape index (κ2) is 6.44. The zero-order valence-corrected chi connectivity index (χ0v) is 11.9. The summed E-state index contributed by atoms with van der Waals surface area (Å²) >= 11 is 0. The first-order valence-electron chi connectivity index (χ1n) is 6.65. The van der Waals surface area contributed by atoms with E-state index in [2.05, 4.69) is 25.2 Å². The molecule has 0 saturated carbocycles. The van der Waals surface area contributed by atoms with Crippen LogP contribution in [0.1, 0.15) is 44.5 Å².